The van der Waals surface area contributed by atoms with Crippen LogP contribution in [0.5, 0.6) is 0 Å². The van der Waals surface area contributed by atoms with Gasteiger partial charge in [-0.1, -0.05) is 18.0 Å². The number of hydrogen-bond donors (Lipinski definition) is 2. The topological polar surface area (TPSA) is 67.2 Å². The van der Waals surface area contributed by atoms with Gasteiger partial charge in [0.1, 0.15) is 0 Å². The van der Waals surface area contributed by atoms with Crippen LogP contribution >= 0.6 is 11.6 Å². The van der Waals surface area contributed by atoms with Crippen LogP contribution in [-0.4, -0.2) is 24.1 Å². The van der Waals surface area contributed by atoms with Crippen molar-refractivity contribution in [1.29, 1.82) is 0 Å². The first-order valence-corrected chi connectivity index (χ1v) is 6.46. The van der Waals surface area contributed by atoms with Gasteiger partial charge in [0.05, 0.1) is 15.6 Å². The zero-order chi connectivity index (χ0) is 13.0. The van der Waals surface area contributed by atoms with Crippen molar-refractivity contribution in [3.63, 3.8) is 0 Å². The Kier molecular flexibility index (Phi) is 4.38. The number of nitro groups is 1. The third-order valence-electron chi connectivity index (χ3n) is 3.11. The van der Waals surface area contributed by atoms with Crippen LogP contribution in [0.15, 0.2) is 18.2 Å². The number of piperidine rings is 1. The van der Waals surface area contributed by atoms with Crippen LogP contribution < -0.4 is 10.6 Å². The molecule has 6 heteroatoms. The second kappa shape index (κ2) is 6.02. The summed E-state index contributed by atoms with van der Waals surface area (Å²) in [5.41, 5.74) is 0.760. The highest BCUT2D eigenvalue weighted by molar-refractivity contribution is 6.33. The van der Waals surface area contributed by atoms with Gasteiger partial charge in [0.15, 0.2) is 0 Å². The van der Waals surface area contributed by atoms with E-state index in [4.69, 9.17) is 11.6 Å². The van der Waals surface area contributed by atoms with Crippen LogP contribution in [0.3, 0.4) is 0 Å². The lowest BCUT2D eigenvalue weighted by atomic mass is 10.1. The fourth-order valence-corrected chi connectivity index (χ4v) is 2.33. The second-order valence-corrected chi connectivity index (χ2v) is 4.86. The highest BCUT2D eigenvalue weighted by Gasteiger charge is 2.13. The fraction of sp³-hybridized carbons (Fsp3) is 0.500. The van der Waals surface area contributed by atoms with Crippen LogP contribution in [0.4, 0.5) is 11.4 Å². The molecule has 0 aliphatic carbocycles. The highest BCUT2D eigenvalue weighted by Crippen LogP contribution is 2.26. The number of rotatable bonds is 4. The van der Waals surface area contributed by atoms with E-state index in [0.717, 1.165) is 25.2 Å². The molecule has 0 spiro atoms. The third kappa shape index (κ3) is 3.34. The number of nitrogens with one attached hydrogen (secondary N) is 2. The lowest BCUT2D eigenvalue weighted by Gasteiger charge is -2.24. The molecular formula is C12H16ClN3O2. The summed E-state index contributed by atoms with van der Waals surface area (Å²) in [7, 11) is 0. The molecule has 1 aliphatic rings. The van der Waals surface area contributed by atoms with Crippen LogP contribution in [0.2, 0.25) is 5.02 Å². The first-order chi connectivity index (χ1) is 8.66. The maximum absolute atomic E-state index is 10.6. The van der Waals surface area contributed by atoms with Crippen molar-refractivity contribution >= 4 is 23.0 Å². The zero-order valence-corrected chi connectivity index (χ0v) is 10.7. The van der Waals surface area contributed by atoms with Crippen molar-refractivity contribution in [3.05, 3.63) is 33.3 Å². The van der Waals surface area contributed by atoms with Crippen molar-refractivity contribution in [2.24, 2.45) is 0 Å². The third-order valence-corrected chi connectivity index (χ3v) is 3.43. The number of nitro benzene ring substituents is 1. The van der Waals surface area contributed by atoms with E-state index < -0.39 is 4.92 Å². The zero-order valence-electron chi connectivity index (χ0n) is 9.99. The van der Waals surface area contributed by atoms with Crippen molar-refractivity contribution < 1.29 is 4.92 Å². The minimum atomic E-state index is -0.446. The lowest BCUT2D eigenvalue weighted by Crippen LogP contribution is -2.39. The molecular weight excluding hydrogens is 254 g/mol. The average molecular weight is 270 g/mol. The summed E-state index contributed by atoms with van der Waals surface area (Å²) >= 11 is 6.00. The van der Waals surface area contributed by atoms with Gasteiger partial charge in [-0.05, 0) is 25.5 Å². The fourth-order valence-electron chi connectivity index (χ4n) is 2.09. The average Bonchev–Trinajstić information content (AvgIpc) is 2.38. The Morgan fingerprint density at radius 3 is 2.94 bits per heavy atom. The lowest BCUT2D eigenvalue weighted by molar-refractivity contribution is -0.384. The van der Waals surface area contributed by atoms with Crippen molar-refractivity contribution in [1.82, 2.24) is 5.32 Å². The van der Waals surface area contributed by atoms with E-state index in [9.17, 15) is 10.1 Å². The standard InChI is InChI=1S/C12H16ClN3O2/c13-11-7-10(16(17)18)4-5-12(11)15-8-9-3-1-2-6-14-9/h4-5,7,9,14-15H,1-3,6,8H2. The maximum atomic E-state index is 10.6. The minimum absolute atomic E-state index is 0.0151. The first-order valence-electron chi connectivity index (χ1n) is 6.08. The van der Waals surface area contributed by atoms with Gasteiger partial charge in [-0.15, -0.1) is 0 Å². The Balaban J connectivity index is 1.94. The van der Waals surface area contributed by atoms with Crippen molar-refractivity contribution in [2.75, 3.05) is 18.4 Å². The van der Waals surface area contributed by atoms with E-state index in [0.29, 0.717) is 11.1 Å². The van der Waals surface area contributed by atoms with E-state index in [-0.39, 0.29) is 5.69 Å². The van der Waals surface area contributed by atoms with E-state index >= 15 is 0 Å². The molecule has 5 nitrogen and oxygen atoms in total. The molecule has 1 aliphatic heterocycles. The summed E-state index contributed by atoms with van der Waals surface area (Å²) in [5, 5.41) is 17.6. The summed E-state index contributed by atoms with van der Waals surface area (Å²) in [5.74, 6) is 0. The predicted octanol–water partition coefficient (Wildman–Crippen LogP) is 2.80. The number of anilines is 1. The van der Waals surface area contributed by atoms with Gasteiger partial charge >= 0.3 is 0 Å². The molecule has 18 heavy (non-hydrogen) atoms. The van der Waals surface area contributed by atoms with Gasteiger partial charge in [0.2, 0.25) is 0 Å². The quantitative estimate of drug-likeness (QED) is 0.651. The van der Waals surface area contributed by atoms with Gasteiger partial charge in [-0.3, -0.25) is 10.1 Å². The van der Waals surface area contributed by atoms with Gasteiger partial charge < -0.3 is 10.6 Å². The summed E-state index contributed by atoms with van der Waals surface area (Å²) in [6, 6.07) is 4.94. The van der Waals surface area contributed by atoms with Gasteiger partial charge in [0.25, 0.3) is 5.69 Å². The summed E-state index contributed by atoms with van der Waals surface area (Å²) in [6.45, 7) is 1.85. The molecule has 0 bridgehead atoms. The smallest absolute Gasteiger partial charge is 0.271 e. The molecule has 1 unspecified atom stereocenters. The molecule has 1 aromatic carbocycles. The number of non-ortho nitro benzene ring substituents is 1. The Morgan fingerprint density at radius 2 is 2.33 bits per heavy atom. The van der Waals surface area contributed by atoms with Crippen LogP contribution in [0.25, 0.3) is 0 Å². The first kappa shape index (κ1) is 13.1. The highest BCUT2D eigenvalue weighted by atomic mass is 35.5. The molecule has 0 amide bonds. The Bertz CT molecular complexity index is 433. The molecule has 1 fully saturated rings. The number of nitrogens with zero attached hydrogens (tertiary/aromatic N) is 1. The van der Waals surface area contributed by atoms with Gasteiger partial charge in [0, 0.05) is 24.7 Å². The molecule has 0 radical (unpaired) electrons. The number of benzene rings is 1. The largest absolute Gasteiger partial charge is 0.382 e. The van der Waals surface area contributed by atoms with Gasteiger partial charge in [-0.2, -0.15) is 0 Å². The SMILES string of the molecule is O=[N+]([O-])c1ccc(NCC2CCCCN2)c(Cl)c1. The summed E-state index contributed by atoms with van der Waals surface area (Å²) in [4.78, 5) is 10.1. The molecule has 0 saturated carbocycles. The van der Waals surface area contributed by atoms with E-state index in [1.165, 1.54) is 25.0 Å². The molecule has 1 aromatic rings. The second-order valence-electron chi connectivity index (χ2n) is 4.45. The van der Waals surface area contributed by atoms with E-state index in [1.54, 1.807) is 6.07 Å². The van der Waals surface area contributed by atoms with E-state index in [2.05, 4.69) is 10.6 Å². The Hall–Kier alpha value is -1.33. The molecule has 1 saturated heterocycles. The monoisotopic (exact) mass is 269 g/mol. The van der Waals surface area contributed by atoms with Crippen LogP contribution in [0, 0.1) is 10.1 Å². The number of halogens is 1. The molecule has 2 rings (SSSR count). The normalized spacial score (nSPS) is 19.5. The predicted molar refractivity (Wildman–Crippen MR) is 72.2 cm³/mol. The Labute approximate surface area is 111 Å². The van der Waals surface area contributed by atoms with Gasteiger partial charge in [-0.25, -0.2) is 0 Å². The molecule has 2 N–H and O–H groups in total. The summed E-state index contributed by atoms with van der Waals surface area (Å²) < 4.78 is 0. The van der Waals surface area contributed by atoms with Crippen molar-refractivity contribution in [2.45, 2.75) is 25.3 Å². The van der Waals surface area contributed by atoms with Crippen molar-refractivity contribution in [3.8, 4) is 0 Å². The van der Waals surface area contributed by atoms with Crippen LogP contribution in [0.1, 0.15) is 19.3 Å². The molecule has 0 aromatic heterocycles. The molecule has 1 heterocycles. The van der Waals surface area contributed by atoms with Crippen LogP contribution in [-0.2, 0) is 0 Å². The molecule has 1 atom stereocenters. The minimum Gasteiger partial charge on any atom is -0.382 e. The maximum Gasteiger partial charge on any atom is 0.271 e. The summed E-state index contributed by atoms with van der Waals surface area (Å²) in [6.07, 6.45) is 3.62. The molecule has 98 valence electrons. The Morgan fingerprint density at radius 1 is 1.50 bits per heavy atom. The van der Waals surface area contributed by atoms with E-state index in [1.807, 2.05) is 0 Å². The number of hydrogen-bond acceptors (Lipinski definition) is 4.